The Morgan fingerprint density at radius 1 is 0.293 bits per heavy atom. The van der Waals surface area contributed by atoms with Gasteiger partial charge in [-0.3, -0.25) is 9.69 Å². The summed E-state index contributed by atoms with van der Waals surface area (Å²) in [7, 11) is 9.92. The number of carbonyl (C=O) groups is 6. The molecule has 0 heterocycles. The van der Waals surface area contributed by atoms with E-state index in [2.05, 4.69) is 158 Å². The van der Waals surface area contributed by atoms with Crippen LogP contribution in [0.2, 0.25) is 0 Å². The van der Waals surface area contributed by atoms with Crippen LogP contribution in [-0.2, 0) is 108 Å². The number of hydrogen-bond acceptors (Lipinski definition) is 16. The molecule has 0 fully saturated rings. The highest BCUT2D eigenvalue weighted by Crippen LogP contribution is 2.21. The molecule has 0 aromatic heterocycles. The molecule has 0 aliphatic rings. The summed E-state index contributed by atoms with van der Waals surface area (Å²) < 4.78 is 46.3. The average Bonchev–Trinajstić information content (AvgIpc) is 0.907. The van der Waals surface area contributed by atoms with E-state index in [0.717, 1.165) is 117 Å². The Balaban J connectivity index is 0.000000248. The third-order valence-electron chi connectivity index (χ3n) is 19.6. The highest BCUT2D eigenvalue weighted by atomic mass is 35.5. The summed E-state index contributed by atoms with van der Waals surface area (Å²) in [4.78, 5) is 80.0. The van der Waals surface area contributed by atoms with Gasteiger partial charge in [0.1, 0.15) is 58.9 Å². The number of halogens is 2. The van der Waals surface area contributed by atoms with E-state index in [4.69, 9.17) is 37.0 Å². The third-order valence-corrected chi connectivity index (χ3v) is 19.6. The van der Waals surface area contributed by atoms with Crippen LogP contribution in [0, 0.1) is 0 Å². The molecule has 0 aliphatic carbocycles. The van der Waals surface area contributed by atoms with E-state index in [1.165, 1.54) is 87.9 Å². The first-order chi connectivity index (χ1) is 58.2. The summed E-state index contributed by atoms with van der Waals surface area (Å²) >= 11 is 0. The molecular formula is C100H110Cl2N6O14S. The number of rotatable bonds is 32. The Hall–Kier alpha value is -12.4. The number of nitrogens with one attached hydrogen (secondary N) is 3. The lowest BCUT2D eigenvalue weighted by Gasteiger charge is -2.24. The number of ketones is 1. The van der Waals surface area contributed by atoms with Crippen molar-refractivity contribution in [2.75, 3.05) is 72.7 Å². The van der Waals surface area contributed by atoms with Crippen LogP contribution in [-0.4, -0.2) is 121 Å². The average molecular weight is 1720 g/mol. The van der Waals surface area contributed by atoms with Gasteiger partial charge >= 0.3 is 29.8 Å². The number of methoxy groups -OCH3 is 4. The van der Waals surface area contributed by atoms with E-state index < -0.39 is 16.1 Å². The van der Waals surface area contributed by atoms with Crippen LogP contribution in [0.5, 0.6) is 0 Å². The zero-order valence-corrected chi connectivity index (χ0v) is 73.6. The topological polar surface area (TPSA) is 240 Å². The molecule has 12 rings (SSSR count). The number of carbonyl (C=O) groups excluding carboxylic acids is 5. The second kappa shape index (κ2) is 52.0. The number of quaternary nitrogens is 3. The number of anilines is 2. The maximum Gasteiger partial charge on any atom is 0.337 e. The van der Waals surface area contributed by atoms with Gasteiger partial charge in [0, 0.05) is 121 Å². The Morgan fingerprint density at radius 2 is 0.463 bits per heavy atom. The summed E-state index contributed by atoms with van der Waals surface area (Å²) in [6, 6.07) is 104. The van der Waals surface area contributed by atoms with Crippen LogP contribution in [0.3, 0.4) is 0 Å². The molecule has 20 nitrogen and oxygen atoms in total. The molecule has 4 N–H and O–H groups in total. The van der Waals surface area contributed by atoms with Crippen LogP contribution in [0.1, 0.15) is 136 Å². The molecule has 123 heavy (non-hydrogen) atoms. The van der Waals surface area contributed by atoms with Crippen LogP contribution in [0.4, 0.5) is 11.4 Å². The first-order valence-corrected chi connectivity index (χ1v) is 41.4. The second-order valence-corrected chi connectivity index (χ2v) is 31.2. The van der Waals surface area contributed by atoms with E-state index >= 15 is 0 Å². The zero-order chi connectivity index (χ0) is 87.1. The van der Waals surface area contributed by atoms with Crippen molar-refractivity contribution in [3.63, 3.8) is 0 Å². The predicted molar refractivity (Wildman–Crippen MR) is 473 cm³/mol. The molecule has 12 aromatic carbocycles. The van der Waals surface area contributed by atoms with Crippen LogP contribution in [0.25, 0.3) is 0 Å². The normalized spacial score (nSPS) is 10.8. The van der Waals surface area contributed by atoms with Crippen molar-refractivity contribution >= 4 is 57.1 Å². The number of benzene rings is 12. The molecule has 0 saturated carbocycles. The largest absolute Gasteiger partial charge is 1.00 e. The van der Waals surface area contributed by atoms with Gasteiger partial charge in [-0.15, -0.1) is 0 Å². The molecule has 1 unspecified atom stereocenters. The number of aromatic carboxylic acids is 1. The van der Waals surface area contributed by atoms with Crippen molar-refractivity contribution < 1.29 is 105 Å². The number of carboxylic acid groups (broad SMARTS) is 1. The maximum absolute atomic E-state index is 11.7. The van der Waals surface area contributed by atoms with E-state index in [1.54, 1.807) is 67.6 Å². The highest BCUT2D eigenvalue weighted by molar-refractivity contribution is 7.84. The minimum atomic E-state index is -3.92. The van der Waals surface area contributed by atoms with Gasteiger partial charge in [-0.05, 0) is 109 Å². The van der Waals surface area contributed by atoms with Crippen molar-refractivity contribution in [2.24, 2.45) is 0 Å². The van der Waals surface area contributed by atoms with Gasteiger partial charge in [-0.25, -0.2) is 32.4 Å². The SMILES string of the molecule is CC(=O)c1ccc(C[NH+](Cc2ccccc2)Cc2ccc(C(=O)O)cc2)cc1.CN(C)c1ccc(CN(Cc2ccccc2)Cc2ccc(N(C)C)cc2)cc1.COC(=O)c1ccc(C[NH+](Cc2ccccc2)Cc2ccc(C(=O)OC)cc2)cc1.COC(=O)c1ccc(C[NH+](Cc2ccccc2)Cc2ccc(C(=O)OC)cc2)cc1.CS(=O)(=O)[O-].[Cl-].[Cl-]. The number of esters is 4. The standard InChI is InChI=1S/C25H31N3.2C25H25NO4.C24H23NO3.CH4O3S.2ClH/c1-26(2)24-14-10-22(11-15-24)19-28(18-21-8-6-5-7-9-21)20-23-12-16-25(17-13-23)27(3)4;2*1-29-24(27)22-12-8-20(9-13-22)17-26(16-19-6-4-3-5-7-19)18-21-10-14-23(15-11-21)25(28)30-2;1-18(26)22-11-7-20(8-12-22)16-25(15-19-5-3-2-4-6-19)17-21-9-13-23(14-10-21)24(27)28;1-5(2,3)4;;/h5-17H,18-20H2,1-4H3;2*3-15H,16-18H2,1-2H3;2-14H,15-17H2,1H3,(H,27,28);1H3,(H,2,3,4);2*1H. The minimum Gasteiger partial charge on any atom is -1.00 e. The fourth-order valence-electron chi connectivity index (χ4n) is 13.4. The van der Waals surface area contributed by atoms with Gasteiger partial charge in [-0.1, -0.05) is 231 Å². The zero-order valence-electron chi connectivity index (χ0n) is 71.3. The second-order valence-electron chi connectivity index (χ2n) is 29.8. The summed E-state index contributed by atoms with van der Waals surface area (Å²) in [6.07, 6.45) is 0.604. The first-order valence-electron chi connectivity index (χ1n) is 39.6. The number of carboxylic acids is 1. The number of nitrogens with zero attached hydrogens (tertiary/aromatic N) is 3. The molecule has 0 saturated heterocycles. The van der Waals surface area contributed by atoms with Gasteiger partial charge < -0.3 is 77.9 Å². The first kappa shape index (κ1) is 99.4. The Bertz CT molecular complexity index is 4880. The number of hydrogen-bond donors (Lipinski definition) is 4. The number of Topliss-reactive ketones (excluding diaryl/α,β-unsaturated/α-hetero) is 1. The van der Waals surface area contributed by atoms with E-state index in [9.17, 15) is 28.8 Å². The molecule has 0 spiro atoms. The lowest BCUT2D eigenvalue weighted by Crippen LogP contribution is -3.08. The van der Waals surface area contributed by atoms with Crippen LogP contribution < -0.4 is 49.3 Å². The van der Waals surface area contributed by atoms with E-state index in [1.807, 2.05) is 140 Å². The molecule has 23 heteroatoms. The van der Waals surface area contributed by atoms with Crippen molar-refractivity contribution in [2.45, 2.75) is 85.5 Å². The maximum atomic E-state index is 11.7. The molecular weight excluding hydrogens is 1610 g/mol. The summed E-state index contributed by atoms with van der Waals surface area (Å²) in [5, 5.41) is 9.08. The quantitative estimate of drug-likeness (QED) is 0.0137. The van der Waals surface area contributed by atoms with Crippen molar-refractivity contribution in [3.8, 4) is 0 Å². The summed E-state index contributed by atoms with van der Waals surface area (Å²) in [6.45, 7) is 11.7. The summed E-state index contributed by atoms with van der Waals surface area (Å²) in [5.41, 5.74) is 20.3. The fraction of sp³-hybridized carbons (Fsp3) is 0.220. The molecule has 0 aliphatic heterocycles. The Morgan fingerprint density at radius 3 is 0.650 bits per heavy atom. The monoisotopic (exact) mass is 1720 g/mol. The third kappa shape index (κ3) is 36.0. The fourth-order valence-corrected chi connectivity index (χ4v) is 13.4. The van der Waals surface area contributed by atoms with Crippen molar-refractivity contribution in [1.82, 2.24) is 4.90 Å². The molecule has 644 valence electrons. The van der Waals surface area contributed by atoms with Gasteiger partial charge in [-0.2, -0.15) is 0 Å². The lowest BCUT2D eigenvalue weighted by molar-refractivity contribution is -0.941. The van der Waals surface area contributed by atoms with Crippen LogP contribution in [0.15, 0.2) is 315 Å². The van der Waals surface area contributed by atoms with Crippen LogP contribution >= 0.6 is 0 Å². The Kier molecular flexibility index (Phi) is 42.1. The van der Waals surface area contributed by atoms with Gasteiger partial charge in [0.2, 0.25) is 0 Å². The van der Waals surface area contributed by atoms with E-state index in [0.29, 0.717) is 34.1 Å². The van der Waals surface area contributed by atoms with Gasteiger partial charge in [0.15, 0.2) is 5.78 Å². The van der Waals surface area contributed by atoms with Gasteiger partial charge in [0.25, 0.3) is 0 Å². The predicted octanol–water partition coefficient (Wildman–Crippen LogP) is 7.65. The molecule has 0 bridgehead atoms. The molecule has 0 amide bonds. The molecule has 1 atom stereocenters. The minimum absolute atomic E-state index is 0. The van der Waals surface area contributed by atoms with Crippen molar-refractivity contribution in [3.05, 3.63) is 416 Å². The smallest absolute Gasteiger partial charge is 0.337 e. The number of ether oxygens (including phenoxy) is 4. The highest BCUT2D eigenvalue weighted by Gasteiger charge is 2.20. The molecule has 12 aromatic rings. The molecule has 0 radical (unpaired) electrons. The Labute approximate surface area is 736 Å². The lowest BCUT2D eigenvalue weighted by atomic mass is 10.1. The van der Waals surface area contributed by atoms with Crippen molar-refractivity contribution in [1.29, 1.82) is 0 Å². The summed E-state index contributed by atoms with van der Waals surface area (Å²) in [5.74, 6) is -2.17. The van der Waals surface area contributed by atoms with Gasteiger partial charge in [0.05, 0.1) is 66.4 Å². The van der Waals surface area contributed by atoms with E-state index in [-0.39, 0.29) is 54.5 Å².